The molecule has 168 valence electrons. The highest BCUT2D eigenvalue weighted by Gasteiger charge is 2.27. The number of hydrogen-bond acceptors (Lipinski definition) is 5. The van der Waals surface area contributed by atoms with E-state index in [4.69, 9.17) is 10.7 Å². The topological polar surface area (TPSA) is 89.4 Å². The average molecular weight is 509 g/mol. The van der Waals surface area contributed by atoms with Crippen LogP contribution in [0.3, 0.4) is 0 Å². The van der Waals surface area contributed by atoms with E-state index < -0.39 is 0 Å². The molecule has 0 aliphatic carbocycles. The molecule has 1 aliphatic heterocycles. The van der Waals surface area contributed by atoms with Crippen molar-refractivity contribution in [3.8, 4) is 22.4 Å². The van der Waals surface area contributed by atoms with Gasteiger partial charge in [0, 0.05) is 48.8 Å². The molecule has 5 rings (SSSR count). The molecular formula is C24H22BrFN6O. The number of likely N-dealkylation sites (tertiary alicyclic amines) is 1. The monoisotopic (exact) mass is 508 g/mol. The third kappa shape index (κ3) is 3.86. The molecule has 1 saturated heterocycles. The van der Waals surface area contributed by atoms with Crippen molar-refractivity contribution in [3.05, 3.63) is 64.8 Å². The highest BCUT2D eigenvalue weighted by Crippen LogP contribution is 2.37. The predicted molar refractivity (Wildman–Crippen MR) is 128 cm³/mol. The third-order valence-corrected chi connectivity index (χ3v) is 7.01. The Morgan fingerprint density at radius 3 is 2.55 bits per heavy atom. The number of anilines is 1. The van der Waals surface area contributed by atoms with Gasteiger partial charge < -0.3 is 10.6 Å². The van der Waals surface area contributed by atoms with Gasteiger partial charge in [-0.2, -0.15) is 9.61 Å². The van der Waals surface area contributed by atoms with Crippen molar-refractivity contribution >= 4 is 33.3 Å². The molecule has 0 bridgehead atoms. The van der Waals surface area contributed by atoms with Crippen molar-refractivity contribution < 1.29 is 9.18 Å². The third-order valence-electron chi connectivity index (χ3n) is 6.20. The van der Waals surface area contributed by atoms with E-state index in [0.717, 1.165) is 34.1 Å². The van der Waals surface area contributed by atoms with E-state index >= 15 is 0 Å². The van der Waals surface area contributed by atoms with Crippen molar-refractivity contribution in [2.24, 2.45) is 0 Å². The Kier molecular flexibility index (Phi) is 5.57. The number of nitrogens with zero attached hydrogens (tertiary/aromatic N) is 5. The summed E-state index contributed by atoms with van der Waals surface area (Å²) in [6.45, 7) is 3.00. The summed E-state index contributed by atoms with van der Waals surface area (Å²) in [5.41, 5.74) is 10.5. The second-order valence-corrected chi connectivity index (χ2v) is 8.98. The molecule has 0 atom stereocenters. The smallest absolute Gasteiger partial charge is 0.219 e. The van der Waals surface area contributed by atoms with E-state index in [1.54, 1.807) is 48.1 Å². The van der Waals surface area contributed by atoms with E-state index in [-0.39, 0.29) is 17.6 Å². The van der Waals surface area contributed by atoms with Gasteiger partial charge in [0.1, 0.15) is 11.6 Å². The maximum absolute atomic E-state index is 14.1. The van der Waals surface area contributed by atoms with Crippen molar-refractivity contribution in [2.75, 3.05) is 18.8 Å². The van der Waals surface area contributed by atoms with Gasteiger partial charge in [0.05, 0.1) is 22.1 Å². The molecule has 4 heterocycles. The fourth-order valence-corrected chi connectivity index (χ4v) is 4.92. The number of aromatic nitrogens is 4. The molecule has 3 aromatic heterocycles. The van der Waals surface area contributed by atoms with Gasteiger partial charge >= 0.3 is 0 Å². The molecule has 4 aromatic rings. The molecular weight excluding hydrogens is 487 g/mol. The Morgan fingerprint density at radius 2 is 1.88 bits per heavy atom. The first-order chi connectivity index (χ1) is 15.9. The summed E-state index contributed by atoms with van der Waals surface area (Å²) in [4.78, 5) is 23.0. The molecule has 9 heteroatoms. The number of benzene rings is 1. The van der Waals surface area contributed by atoms with E-state index in [1.165, 1.54) is 6.07 Å². The summed E-state index contributed by atoms with van der Waals surface area (Å²) in [6, 6.07) is 10.2. The van der Waals surface area contributed by atoms with Crippen LogP contribution in [0, 0.1) is 5.82 Å². The number of hydrogen-bond donors (Lipinski definition) is 1. The van der Waals surface area contributed by atoms with Crippen LogP contribution in [0.2, 0.25) is 0 Å². The summed E-state index contributed by atoms with van der Waals surface area (Å²) in [6.07, 6.45) is 5.06. The van der Waals surface area contributed by atoms with Crippen LogP contribution in [0.4, 0.5) is 10.2 Å². The summed E-state index contributed by atoms with van der Waals surface area (Å²) in [5, 5.41) is 4.43. The molecule has 7 nitrogen and oxygen atoms in total. The number of rotatable bonds is 3. The van der Waals surface area contributed by atoms with Crippen molar-refractivity contribution in [3.63, 3.8) is 0 Å². The van der Waals surface area contributed by atoms with Crippen LogP contribution in [-0.2, 0) is 4.79 Å². The first kappa shape index (κ1) is 21.5. The number of carbonyl (C=O) groups is 1. The number of carbonyl (C=O) groups excluding carboxylic acids is 1. The van der Waals surface area contributed by atoms with Crippen LogP contribution in [0.15, 0.2) is 53.3 Å². The van der Waals surface area contributed by atoms with Gasteiger partial charge in [-0.15, -0.1) is 0 Å². The minimum Gasteiger partial charge on any atom is -0.383 e. The van der Waals surface area contributed by atoms with Gasteiger partial charge in [0.25, 0.3) is 0 Å². The van der Waals surface area contributed by atoms with Gasteiger partial charge in [0.15, 0.2) is 5.65 Å². The van der Waals surface area contributed by atoms with E-state index in [2.05, 4.69) is 26.0 Å². The zero-order chi connectivity index (χ0) is 23.1. The van der Waals surface area contributed by atoms with E-state index in [0.29, 0.717) is 35.8 Å². The predicted octanol–water partition coefficient (Wildman–Crippen LogP) is 4.67. The van der Waals surface area contributed by atoms with Crippen molar-refractivity contribution in [1.29, 1.82) is 0 Å². The zero-order valence-electron chi connectivity index (χ0n) is 18.0. The van der Waals surface area contributed by atoms with Crippen LogP contribution in [0.1, 0.15) is 31.4 Å². The quantitative estimate of drug-likeness (QED) is 0.434. The highest BCUT2D eigenvalue weighted by molar-refractivity contribution is 9.10. The lowest BCUT2D eigenvalue weighted by molar-refractivity contribution is -0.129. The molecule has 33 heavy (non-hydrogen) atoms. The second-order valence-electron chi connectivity index (χ2n) is 8.18. The molecule has 0 unspecified atom stereocenters. The first-order valence-electron chi connectivity index (χ1n) is 10.7. The lowest BCUT2D eigenvalue weighted by Gasteiger charge is -2.31. The molecule has 0 saturated carbocycles. The van der Waals surface area contributed by atoms with Crippen LogP contribution >= 0.6 is 15.9 Å². The Morgan fingerprint density at radius 1 is 1.12 bits per heavy atom. The fourth-order valence-electron chi connectivity index (χ4n) is 4.34. The SMILES string of the molecule is CC(=O)N1CCC(c2nc3c(-c4ccc(-c5ccccc5F)nc4)cnn3c(N)c2Br)CC1. The van der Waals surface area contributed by atoms with E-state index in [1.807, 2.05) is 11.0 Å². The van der Waals surface area contributed by atoms with Gasteiger partial charge in [-0.25, -0.2) is 9.37 Å². The number of nitrogens with two attached hydrogens (primary N) is 1. The lowest BCUT2D eigenvalue weighted by atomic mass is 9.93. The largest absolute Gasteiger partial charge is 0.383 e. The first-order valence-corrected chi connectivity index (χ1v) is 11.5. The highest BCUT2D eigenvalue weighted by atomic mass is 79.9. The Balaban J connectivity index is 1.51. The standard InChI is InChI=1S/C24H22BrFN6O/c1-14(33)31-10-8-15(9-11-31)22-21(25)23(27)32-24(30-22)18(13-29-32)16-6-7-20(28-12-16)17-4-2-3-5-19(17)26/h2-7,12-13,15H,8-11,27H2,1H3. The summed E-state index contributed by atoms with van der Waals surface area (Å²) in [7, 11) is 0. The lowest BCUT2D eigenvalue weighted by Crippen LogP contribution is -2.36. The Bertz CT molecular complexity index is 1350. The van der Waals surface area contributed by atoms with Gasteiger partial charge in [0.2, 0.25) is 5.91 Å². The summed E-state index contributed by atoms with van der Waals surface area (Å²) in [5.74, 6) is 0.450. The molecule has 2 N–H and O–H groups in total. The molecule has 0 spiro atoms. The van der Waals surface area contributed by atoms with Crippen LogP contribution < -0.4 is 5.73 Å². The number of amides is 1. The molecule has 1 fully saturated rings. The van der Waals surface area contributed by atoms with Crippen LogP contribution in [0.5, 0.6) is 0 Å². The molecule has 1 aliphatic rings. The van der Waals surface area contributed by atoms with Gasteiger partial charge in [-0.3, -0.25) is 9.78 Å². The Hall–Kier alpha value is -3.33. The number of fused-ring (bicyclic) bond motifs is 1. The zero-order valence-corrected chi connectivity index (χ0v) is 19.6. The normalized spacial score (nSPS) is 14.7. The summed E-state index contributed by atoms with van der Waals surface area (Å²) < 4.78 is 16.5. The number of piperidine rings is 1. The minimum absolute atomic E-state index is 0.0971. The minimum atomic E-state index is -0.312. The van der Waals surface area contributed by atoms with Crippen molar-refractivity contribution in [1.82, 2.24) is 24.5 Å². The molecule has 0 radical (unpaired) electrons. The second kappa shape index (κ2) is 8.55. The van der Waals surface area contributed by atoms with Gasteiger partial charge in [-0.05, 0) is 47.0 Å². The van der Waals surface area contributed by atoms with Crippen molar-refractivity contribution in [2.45, 2.75) is 25.7 Å². The maximum Gasteiger partial charge on any atom is 0.219 e. The molecule has 1 amide bonds. The fraction of sp³-hybridized carbons (Fsp3) is 0.250. The maximum atomic E-state index is 14.1. The van der Waals surface area contributed by atoms with Crippen LogP contribution in [-0.4, -0.2) is 43.5 Å². The van der Waals surface area contributed by atoms with Gasteiger partial charge in [-0.1, -0.05) is 18.2 Å². The number of pyridine rings is 1. The number of halogens is 2. The summed E-state index contributed by atoms with van der Waals surface area (Å²) >= 11 is 3.61. The van der Waals surface area contributed by atoms with Crippen LogP contribution in [0.25, 0.3) is 28.0 Å². The Labute approximate surface area is 198 Å². The molecule has 1 aromatic carbocycles. The van der Waals surface area contributed by atoms with E-state index in [9.17, 15) is 9.18 Å². The number of nitrogen functional groups attached to an aromatic ring is 1. The average Bonchev–Trinajstić information content (AvgIpc) is 3.26.